The summed E-state index contributed by atoms with van der Waals surface area (Å²) in [6.07, 6.45) is 0. The number of halogens is 2. The summed E-state index contributed by atoms with van der Waals surface area (Å²) >= 11 is 0. The molecule has 202 valence electrons. The highest BCUT2D eigenvalue weighted by Gasteiger charge is 2.62. The van der Waals surface area contributed by atoms with Crippen LogP contribution in [0.25, 0.3) is 21.5 Å². The van der Waals surface area contributed by atoms with Crippen LogP contribution in [-0.2, 0) is 0 Å². The molecule has 10 heteroatoms. The van der Waals surface area contributed by atoms with Gasteiger partial charge in [0.2, 0.25) is 13.8 Å². The van der Waals surface area contributed by atoms with Crippen LogP contribution in [0.15, 0.2) is 72.8 Å². The van der Waals surface area contributed by atoms with Crippen LogP contribution in [0.1, 0.15) is 0 Å². The minimum absolute atomic E-state index is 0. The molecular formula is C28H36I2N4P4. The lowest BCUT2D eigenvalue weighted by molar-refractivity contribution is -0.444. The van der Waals surface area contributed by atoms with E-state index in [2.05, 4.69) is 147 Å². The quantitative estimate of drug-likeness (QED) is 0.211. The van der Waals surface area contributed by atoms with Crippen molar-refractivity contribution in [1.82, 2.24) is 9.34 Å². The van der Waals surface area contributed by atoms with Gasteiger partial charge in [-0.05, 0) is 51.1 Å². The molecule has 4 aromatic carbocycles. The Morgan fingerprint density at radius 3 is 1.13 bits per heavy atom. The average Bonchev–Trinajstić information content (AvgIpc) is 3.31. The van der Waals surface area contributed by atoms with Gasteiger partial charge in [0.25, 0.3) is 0 Å². The third kappa shape index (κ3) is 3.81. The number of hydrogen-bond acceptors (Lipinski definition) is 0. The molecule has 2 aliphatic rings. The third-order valence-electron chi connectivity index (χ3n) is 7.74. The molecule has 0 amide bonds. The number of nitrogens with zero attached hydrogens (tertiary/aromatic N) is 4. The summed E-state index contributed by atoms with van der Waals surface area (Å²) in [6.45, 7) is -3.73. The predicted octanol–water partition coefficient (Wildman–Crippen LogP) is -0.162. The molecule has 0 aliphatic carbocycles. The van der Waals surface area contributed by atoms with Crippen molar-refractivity contribution in [2.24, 2.45) is 0 Å². The fourth-order valence-electron chi connectivity index (χ4n) is 6.64. The van der Waals surface area contributed by atoms with Crippen LogP contribution in [0.2, 0.25) is 0 Å². The Hall–Kier alpha value is 0.100. The van der Waals surface area contributed by atoms with E-state index in [-0.39, 0.29) is 48.0 Å². The summed E-state index contributed by atoms with van der Waals surface area (Å²) in [4.78, 5) is 0. The molecule has 0 saturated carbocycles. The van der Waals surface area contributed by atoms with Crippen LogP contribution >= 0.6 is 28.4 Å². The van der Waals surface area contributed by atoms with Gasteiger partial charge in [-0.2, -0.15) is 0 Å². The predicted molar refractivity (Wildman–Crippen MR) is 166 cm³/mol. The van der Waals surface area contributed by atoms with Gasteiger partial charge in [-0.25, -0.2) is 18.0 Å². The highest BCUT2D eigenvalue weighted by Crippen LogP contribution is 3.04. The minimum atomic E-state index is -1.87. The molecule has 2 aliphatic heterocycles. The van der Waals surface area contributed by atoms with E-state index in [4.69, 9.17) is 0 Å². The van der Waals surface area contributed by atoms with Crippen molar-refractivity contribution in [2.45, 2.75) is 0 Å². The zero-order valence-corrected chi connectivity index (χ0v) is 31.2. The lowest BCUT2D eigenvalue weighted by Gasteiger charge is -2.39. The van der Waals surface area contributed by atoms with Crippen molar-refractivity contribution in [3.8, 4) is 0 Å². The van der Waals surface area contributed by atoms with Gasteiger partial charge in [0, 0.05) is 21.4 Å². The van der Waals surface area contributed by atoms with Gasteiger partial charge in [-0.15, -0.1) is 0 Å². The van der Waals surface area contributed by atoms with E-state index in [0.29, 0.717) is 0 Å². The molecule has 4 atom stereocenters. The van der Waals surface area contributed by atoms with E-state index < -0.39 is 28.4 Å². The maximum Gasteiger partial charge on any atom is 0.222 e. The molecule has 0 spiro atoms. The topological polar surface area (TPSA) is 12.5 Å². The van der Waals surface area contributed by atoms with Gasteiger partial charge < -0.3 is 48.0 Å². The monoisotopic (exact) mass is 806 g/mol. The Morgan fingerprint density at radius 1 is 0.526 bits per heavy atom. The number of rotatable bonds is 3. The second kappa shape index (κ2) is 11.1. The van der Waals surface area contributed by atoms with Crippen LogP contribution < -0.4 is 69.2 Å². The second-order valence-corrected chi connectivity index (χ2v) is 29.0. The van der Waals surface area contributed by atoms with Gasteiger partial charge in [0.05, 0.1) is 25.2 Å². The molecule has 0 aromatic heterocycles. The maximum atomic E-state index is 2.64. The summed E-state index contributed by atoms with van der Waals surface area (Å²) in [5.41, 5.74) is 0. The summed E-state index contributed by atoms with van der Waals surface area (Å²) in [6, 6.07) is 28.3. The van der Waals surface area contributed by atoms with Gasteiger partial charge in [0.1, 0.15) is 28.2 Å². The first kappa shape index (κ1) is 31.0. The summed E-state index contributed by atoms with van der Waals surface area (Å²) in [5.74, 6) is 0. The van der Waals surface area contributed by atoms with E-state index >= 15 is 0 Å². The summed E-state index contributed by atoms with van der Waals surface area (Å²) in [7, 11) is 17.7. The minimum Gasteiger partial charge on any atom is -1.00 e. The molecule has 0 unspecified atom stereocenters. The summed E-state index contributed by atoms with van der Waals surface area (Å²) in [5, 5.41) is 12.3. The molecule has 0 radical (unpaired) electrons. The Balaban J connectivity index is 0.00000168. The average molecular weight is 806 g/mol. The molecular weight excluding hydrogens is 770 g/mol. The van der Waals surface area contributed by atoms with E-state index in [1.807, 2.05) is 0 Å². The zero-order chi connectivity index (χ0) is 25.6. The first-order valence-corrected chi connectivity index (χ1v) is 20.5. The smallest absolute Gasteiger partial charge is 0.222 e. The second-order valence-electron chi connectivity index (χ2n) is 10.4. The molecule has 0 N–H and O–H groups in total. The van der Waals surface area contributed by atoms with Crippen LogP contribution in [0, 0.1) is 0 Å². The summed E-state index contributed by atoms with van der Waals surface area (Å²) < 4.78 is 10.6. The van der Waals surface area contributed by atoms with Gasteiger partial charge >= 0.3 is 0 Å². The Labute approximate surface area is 264 Å². The van der Waals surface area contributed by atoms with Crippen LogP contribution in [-0.4, -0.2) is 74.4 Å². The number of hydrogen-bond donors (Lipinski definition) is 0. The molecule has 2 heterocycles. The Morgan fingerprint density at radius 2 is 0.842 bits per heavy atom. The fraction of sp³-hybridized carbons (Fsp3) is 0.286. The van der Waals surface area contributed by atoms with Crippen molar-refractivity contribution in [3.63, 3.8) is 0 Å². The normalized spacial score (nSPS) is 25.1. The van der Waals surface area contributed by atoms with E-state index in [1.54, 1.807) is 21.2 Å². The lowest BCUT2D eigenvalue weighted by atomic mass is 10.1. The van der Waals surface area contributed by atoms with E-state index in [1.165, 1.54) is 21.5 Å². The molecule has 0 bridgehead atoms. The van der Waals surface area contributed by atoms with Crippen molar-refractivity contribution in [3.05, 3.63) is 72.8 Å². The highest BCUT2D eigenvalue weighted by atomic mass is 127. The van der Waals surface area contributed by atoms with E-state index in [9.17, 15) is 0 Å². The van der Waals surface area contributed by atoms with Gasteiger partial charge in [-0.1, -0.05) is 60.7 Å². The SMILES string of the molecule is CN(C)[P@@]1(=[N+](C)C)c2cccc3cccc(c23)[P@@]1[P@]1c2cccc3cccc(c23)[P@@]1(N(C)C)=[N+](C)C.[I-].[I-]. The standard InChI is InChI=1S/C28H36N4P4.2HI/c1-29(2)35(30(3)4)25-19-11-15-21-13-9-17-23(27(21)25)33(35)34-24-18-10-14-22-16-12-20-26(28(22)24)36(34,31(5)6)32(7)8;;/h9-20H,1-8H3;2*1H/q+2;;/p-2/t33-,34-;;/m0../s1. The maximum absolute atomic E-state index is 2.64. The van der Waals surface area contributed by atoms with Gasteiger partial charge in [-0.3, -0.25) is 0 Å². The van der Waals surface area contributed by atoms with Crippen LogP contribution in [0.3, 0.4) is 0 Å². The number of benzene rings is 4. The van der Waals surface area contributed by atoms with Crippen molar-refractivity contribution in [1.29, 1.82) is 0 Å². The molecule has 6 rings (SSSR count). The first-order chi connectivity index (χ1) is 17.2. The lowest BCUT2D eigenvalue weighted by Crippen LogP contribution is -3.00. The zero-order valence-electron chi connectivity index (χ0n) is 23.3. The van der Waals surface area contributed by atoms with Crippen molar-refractivity contribution >= 4 is 71.1 Å². The Bertz CT molecular complexity index is 1560. The molecule has 0 fully saturated rings. The third-order valence-corrected chi connectivity index (χ3v) is 38.7. The Kier molecular flexibility index (Phi) is 9.04. The first-order valence-electron chi connectivity index (χ1n) is 12.3. The molecule has 38 heavy (non-hydrogen) atoms. The van der Waals surface area contributed by atoms with Crippen LogP contribution in [0.4, 0.5) is 0 Å². The van der Waals surface area contributed by atoms with Crippen molar-refractivity contribution < 1.29 is 56.6 Å². The molecule has 4 nitrogen and oxygen atoms in total. The highest BCUT2D eigenvalue weighted by molar-refractivity contribution is 8.83. The largest absolute Gasteiger partial charge is 1.00 e. The van der Waals surface area contributed by atoms with Crippen LogP contribution in [0.5, 0.6) is 0 Å². The van der Waals surface area contributed by atoms with E-state index in [0.717, 1.165) is 0 Å². The fourth-order valence-corrected chi connectivity index (χ4v) is 48.5. The van der Waals surface area contributed by atoms with Gasteiger partial charge in [0.15, 0.2) is 0 Å². The molecule has 4 aromatic rings. The molecule has 0 saturated heterocycles. The van der Waals surface area contributed by atoms with Crippen molar-refractivity contribution in [2.75, 3.05) is 56.4 Å².